The Kier molecular flexibility index (Phi) is 4.73. The molecule has 0 atom stereocenters. The summed E-state index contributed by atoms with van der Waals surface area (Å²) in [4.78, 5) is 4.77. The summed E-state index contributed by atoms with van der Waals surface area (Å²) in [7, 11) is 3.27. The number of benzene rings is 2. The number of aromatic nitrogens is 2. The third kappa shape index (κ3) is 3.36. The van der Waals surface area contributed by atoms with E-state index in [1.165, 1.54) is 0 Å². The quantitative estimate of drug-likeness (QED) is 0.419. The van der Waals surface area contributed by atoms with Gasteiger partial charge in [0.2, 0.25) is 5.88 Å². The van der Waals surface area contributed by atoms with Crippen LogP contribution in [0.25, 0.3) is 16.9 Å². The summed E-state index contributed by atoms with van der Waals surface area (Å²) in [6.07, 6.45) is 1.93. The molecule has 2 aromatic carbocycles. The van der Waals surface area contributed by atoms with Crippen molar-refractivity contribution in [3.05, 3.63) is 71.3 Å². The van der Waals surface area contributed by atoms with Gasteiger partial charge in [0.1, 0.15) is 17.1 Å². The summed E-state index contributed by atoms with van der Waals surface area (Å²) in [5.41, 5.74) is 2.45. The summed E-state index contributed by atoms with van der Waals surface area (Å²) in [5.74, 6) is 2.68. The second-order valence-corrected chi connectivity index (χ2v) is 6.74. The van der Waals surface area contributed by atoms with E-state index in [2.05, 4.69) is 15.9 Å². The maximum atomic E-state index is 6.27. The standard InChI is InChI=1S/C21H17BrN2O3/c1-25-16-10-7-14(8-11-16)20-21(24-13-15(22)9-12-19(24)23-20)27-18-6-4-3-5-17(18)26-2/h3-13H,1-2H3. The number of hydrogen-bond acceptors (Lipinski definition) is 4. The number of nitrogens with zero attached hydrogens (tertiary/aromatic N) is 2. The Morgan fingerprint density at radius 3 is 2.30 bits per heavy atom. The van der Waals surface area contributed by atoms with Gasteiger partial charge in [-0.2, -0.15) is 0 Å². The van der Waals surface area contributed by atoms with Crippen LogP contribution < -0.4 is 14.2 Å². The van der Waals surface area contributed by atoms with Gasteiger partial charge in [-0.3, -0.25) is 4.40 Å². The van der Waals surface area contributed by atoms with E-state index < -0.39 is 0 Å². The van der Waals surface area contributed by atoms with Crippen LogP contribution >= 0.6 is 15.9 Å². The van der Waals surface area contributed by atoms with Crippen LogP contribution in [0.15, 0.2) is 71.3 Å². The van der Waals surface area contributed by atoms with Crippen LogP contribution in [0.3, 0.4) is 0 Å². The maximum Gasteiger partial charge on any atom is 0.232 e. The lowest BCUT2D eigenvalue weighted by atomic mass is 10.1. The van der Waals surface area contributed by atoms with Gasteiger partial charge in [0, 0.05) is 16.2 Å². The first-order chi connectivity index (χ1) is 13.2. The van der Waals surface area contributed by atoms with E-state index >= 15 is 0 Å². The number of methoxy groups -OCH3 is 2. The van der Waals surface area contributed by atoms with Gasteiger partial charge in [-0.05, 0) is 64.5 Å². The number of fused-ring (bicyclic) bond motifs is 1. The minimum atomic E-state index is 0.612. The minimum absolute atomic E-state index is 0.612. The Bertz CT molecular complexity index is 1090. The highest BCUT2D eigenvalue weighted by atomic mass is 79.9. The van der Waals surface area contributed by atoms with Crippen molar-refractivity contribution in [2.75, 3.05) is 14.2 Å². The number of imidazole rings is 1. The van der Waals surface area contributed by atoms with E-state index in [4.69, 9.17) is 19.2 Å². The van der Waals surface area contributed by atoms with E-state index in [-0.39, 0.29) is 0 Å². The third-order valence-corrected chi connectivity index (χ3v) is 4.65. The van der Waals surface area contributed by atoms with Gasteiger partial charge in [0.15, 0.2) is 11.5 Å². The average Bonchev–Trinajstić information content (AvgIpc) is 3.06. The first-order valence-corrected chi connectivity index (χ1v) is 9.12. The molecule has 0 unspecified atom stereocenters. The molecule has 0 fully saturated rings. The lowest BCUT2D eigenvalue weighted by Gasteiger charge is -2.11. The van der Waals surface area contributed by atoms with Gasteiger partial charge in [0.05, 0.1) is 14.2 Å². The number of rotatable bonds is 5. The number of hydrogen-bond donors (Lipinski definition) is 0. The normalized spacial score (nSPS) is 10.8. The van der Waals surface area contributed by atoms with Crippen LogP contribution in [0, 0.1) is 0 Å². The molecule has 0 aliphatic rings. The van der Waals surface area contributed by atoms with Crippen molar-refractivity contribution in [2.45, 2.75) is 0 Å². The highest BCUT2D eigenvalue weighted by Crippen LogP contribution is 2.38. The van der Waals surface area contributed by atoms with Gasteiger partial charge in [-0.25, -0.2) is 4.98 Å². The first-order valence-electron chi connectivity index (χ1n) is 8.32. The van der Waals surface area contributed by atoms with Crippen LogP contribution in [-0.4, -0.2) is 23.6 Å². The Balaban J connectivity index is 1.89. The van der Waals surface area contributed by atoms with Gasteiger partial charge >= 0.3 is 0 Å². The van der Waals surface area contributed by atoms with E-state index in [0.29, 0.717) is 17.4 Å². The van der Waals surface area contributed by atoms with Crippen molar-refractivity contribution in [2.24, 2.45) is 0 Å². The molecule has 136 valence electrons. The summed E-state index contributed by atoms with van der Waals surface area (Å²) in [5, 5.41) is 0. The molecule has 0 radical (unpaired) electrons. The second kappa shape index (κ2) is 7.32. The van der Waals surface area contributed by atoms with Gasteiger partial charge in [0.25, 0.3) is 0 Å². The zero-order chi connectivity index (χ0) is 18.8. The summed E-state index contributed by atoms with van der Waals surface area (Å²) < 4.78 is 19.8. The van der Waals surface area contributed by atoms with Crippen molar-refractivity contribution >= 4 is 21.6 Å². The van der Waals surface area contributed by atoms with Crippen molar-refractivity contribution in [3.8, 4) is 34.4 Å². The Morgan fingerprint density at radius 1 is 0.852 bits per heavy atom. The molecule has 27 heavy (non-hydrogen) atoms. The molecule has 0 aliphatic heterocycles. The van der Waals surface area contributed by atoms with Crippen LogP contribution in [0.4, 0.5) is 0 Å². The molecule has 0 aliphatic carbocycles. The fraction of sp³-hybridized carbons (Fsp3) is 0.0952. The van der Waals surface area contributed by atoms with E-state index in [1.807, 2.05) is 71.3 Å². The van der Waals surface area contributed by atoms with E-state index in [9.17, 15) is 0 Å². The predicted octanol–water partition coefficient (Wildman–Crippen LogP) is 5.57. The van der Waals surface area contributed by atoms with Crippen molar-refractivity contribution in [1.82, 2.24) is 9.38 Å². The monoisotopic (exact) mass is 424 g/mol. The number of para-hydroxylation sites is 2. The zero-order valence-corrected chi connectivity index (χ0v) is 16.4. The van der Waals surface area contributed by atoms with Crippen molar-refractivity contribution < 1.29 is 14.2 Å². The van der Waals surface area contributed by atoms with Gasteiger partial charge in [-0.15, -0.1) is 0 Å². The van der Waals surface area contributed by atoms with Gasteiger partial charge in [-0.1, -0.05) is 12.1 Å². The SMILES string of the molecule is COc1ccc(-c2nc3ccc(Br)cn3c2Oc2ccccc2OC)cc1. The van der Waals surface area contributed by atoms with Crippen LogP contribution in [-0.2, 0) is 0 Å². The molecule has 0 saturated carbocycles. The number of ether oxygens (including phenoxy) is 3. The molecule has 0 bridgehead atoms. The lowest BCUT2D eigenvalue weighted by Crippen LogP contribution is -1.95. The molecule has 2 aromatic heterocycles. The maximum absolute atomic E-state index is 6.27. The fourth-order valence-electron chi connectivity index (χ4n) is 2.84. The van der Waals surface area contributed by atoms with Crippen molar-refractivity contribution in [3.63, 3.8) is 0 Å². The summed E-state index contributed by atoms with van der Waals surface area (Å²) in [6, 6.07) is 19.2. The van der Waals surface area contributed by atoms with E-state index in [1.54, 1.807) is 14.2 Å². The second-order valence-electron chi connectivity index (χ2n) is 5.82. The number of pyridine rings is 1. The molecule has 5 nitrogen and oxygen atoms in total. The first kappa shape index (κ1) is 17.4. The Labute approximate surface area is 165 Å². The predicted molar refractivity (Wildman–Crippen MR) is 108 cm³/mol. The highest BCUT2D eigenvalue weighted by molar-refractivity contribution is 9.10. The van der Waals surface area contributed by atoms with Gasteiger partial charge < -0.3 is 14.2 Å². The average molecular weight is 425 g/mol. The van der Waals surface area contributed by atoms with Crippen LogP contribution in [0.5, 0.6) is 23.1 Å². The Hall–Kier alpha value is -2.99. The number of halogens is 1. The molecule has 0 saturated heterocycles. The molecule has 4 rings (SSSR count). The third-order valence-electron chi connectivity index (χ3n) is 4.18. The molecule has 6 heteroatoms. The summed E-state index contributed by atoms with van der Waals surface area (Å²) >= 11 is 3.52. The molecule has 0 N–H and O–H groups in total. The molecular weight excluding hydrogens is 408 g/mol. The molecule has 2 heterocycles. The Morgan fingerprint density at radius 2 is 1.59 bits per heavy atom. The van der Waals surface area contributed by atoms with E-state index in [0.717, 1.165) is 27.1 Å². The van der Waals surface area contributed by atoms with Crippen LogP contribution in [0.2, 0.25) is 0 Å². The van der Waals surface area contributed by atoms with Crippen LogP contribution in [0.1, 0.15) is 0 Å². The topological polar surface area (TPSA) is 45.0 Å². The minimum Gasteiger partial charge on any atom is -0.497 e. The molecule has 0 spiro atoms. The van der Waals surface area contributed by atoms with Crippen molar-refractivity contribution in [1.29, 1.82) is 0 Å². The summed E-state index contributed by atoms with van der Waals surface area (Å²) in [6.45, 7) is 0. The lowest BCUT2D eigenvalue weighted by molar-refractivity contribution is 0.373. The highest BCUT2D eigenvalue weighted by Gasteiger charge is 2.18. The zero-order valence-electron chi connectivity index (χ0n) is 14.8. The smallest absolute Gasteiger partial charge is 0.232 e. The fourth-order valence-corrected chi connectivity index (χ4v) is 3.18. The molecule has 0 amide bonds. The molecule has 4 aromatic rings. The largest absolute Gasteiger partial charge is 0.497 e. The molecular formula is C21H17BrN2O3.